The van der Waals surface area contributed by atoms with Crippen LogP contribution in [0.4, 0.5) is 5.95 Å². The van der Waals surface area contributed by atoms with E-state index in [0.717, 1.165) is 11.0 Å². The fourth-order valence-corrected chi connectivity index (χ4v) is 1.06. The Labute approximate surface area is 68.6 Å². The Hall–Kier alpha value is -1.84. The molecule has 0 fully saturated rings. The van der Waals surface area contributed by atoms with Gasteiger partial charge in [-0.2, -0.15) is 0 Å². The molecule has 1 heterocycles. The Balaban J connectivity index is 2.54. The minimum Gasteiger partial charge on any atom is -0.324 e. The number of aromatic nitrogens is 2. The van der Waals surface area contributed by atoms with Crippen molar-refractivity contribution in [2.24, 2.45) is 0 Å². The number of benzene rings is 1. The van der Waals surface area contributed by atoms with Gasteiger partial charge in [-0.25, -0.2) is 4.98 Å². The molecule has 0 unspecified atom stereocenters. The summed E-state index contributed by atoms with van der Waals surface area (Å²) in [6.07, 6.45) is 1.55. The topological polar surface area (TPSA) is 57.8 Å². The Morgan fingerprint density at radius 2 is 2.25 bits per heavy atom. The summed E-state index contributed by atoms with van der Waals surface area (Å²) in [6.45, 7) is 0. The molecule has 1 amide bonds. The zero-order valence-corrected chi connectivity index (χ0v) is 6.16. The lowest BCUT2D eigenvalue weighted by molar-refractivity contribution is 0.560. The van der Waals surface area contributed by atoms with Crippen LogP contribution in [0.5, 0.6) is 0 Å². The number of para-hydroxylation sites is 2. The molecule has 4 nitrogen and oxygen atoms in total. The van der Waals surface area contributed by atoms with E-state index in [4.69, 9.17) is 0 Å². The van der Waals surface area contributed by atoms with Crippen LogP contribution in [0.15, 0.2) is 24.3 Å². The number of nitrogens with zero attached hydrogens (tertiary/aromatic N) is 1. The number of amides is 1. The summed E-state index contributed by atoms with van der Waals surface area (Å²) in [5.41, 5.74) is 1.73. The van der Waals surface area contributed by atoms with E-state index < -0.39 is 0 Å². The van der Waals surface area contributed by atoms with E-state index >= 15 is 0 Å². The molecule has 0 saturated heterocycles. The molecule has 4 heteroatoms. The van der Waals surface area contributed by atoms with Gasteiger partial charge >= 0.3 is 6.41 Å². The molecule has 0 aliphatic heterocycles. The van der Waals surface area contributed by atoms with Crippen molar-refractivity contribution in [2.75, 3.05) is 5.32 Å². The highest BCUT2D eigenvalue weighted by Crippen LogP contribution is 2.12. The van der Waals surface area contributed by atoms with Gasteiger partial charge in [-0.15, -0.1) is 0 Å². The van der Waals surface area contributed by atoms with Crippen LogP contribution < -0.4 is 5.32 Å². The van der Waals surface area contributed by atoms with Gasteiger partial charge in [0.05, 0.1) is 11.0 Å². The monoisotopic (exact) mass is 160 g/mol. The van der Waals surface area contributed by atoms with E-state index in [0.29, 0.717) is 5.95 Å². The maximum Gasteiger partial charge on any atom is 0.316 e. The van der Waals surface area contributed by atoms with Gasteiger partial charge in [-0.1, -0.05) is 12.1 Å². The van der Waals surface area contributed by atoms with E-state index in [1.165, 1.54) is 0 Å². The number of carbonyl (C=O) groups excluding carboxylic acids is 1. The van der Waals surface area contributed by atoms with Crippen LogP contribution >= 0.6 is 0 Å². The number of H-pyrrole nitrogens is 1. The average molecular weight is 160 g/mol. The fourth-order valence-electron chi connectivity index (χ4n) is 1.06. The van der Waals surface area contributed by atoms with Gasteiger partial charge in [0.15, 0.2) is 0 Å². The zero-order chi connectivity index (χ0) is 8.39. The molecule has 0 bridgehead atoms. The average Bonchev–Trinajstić information content (AvgIpc) is 2.47. The minimum atomic E-state index is 0.422. The smallest absolute Gasteiger partial charge is 0.316 e. The lowest BCUT2D eigenvalue weighted by Gasteiger charge is -1.84. The first kappa shape index (κ1) is 6.84. The molecule has 1 aromatic carbocycles. The summed E-state index contributed by atoms with van der Waals surface area (Å²) in [5, 5.41) is 2.32. The van der Waals surface area contributed by atoms with E-state index in [1.54, 1.807) is 6.41 Å². The van der Waals surface area contributed by atoms with Gasteiger partial charge in [-0.3, -0.25) is 10.1 Å². The molecule has 0 atom stereocenters. The van der Waals surface area contributed by atoms with E-state index in [2.05, 4.69) is 15.3 Å². The molecule has 12 heavy (non-hydrogen) atoms. The Bertz CT molecular complexity index is 374. The van der Waals surface area contributed by atoms with Crippen molar-refractivity contribution < 1.29 is 4.79 Å². The molecule has 2 N–H and O–H groups in total. The fraction of sp³-hybridized carbons (Fsp3) is 0. The second kappa shape index (κ2) is 2.65. The minimum absolute atomic E-state index is 0.422. The van der Waals surface area contributed by atoms with Crippen molar-refractivity contribution in [3.8, 4) is 0 Å². The quantitative estimate of drug-likeness (QED) is 0.645. The van der Waals surface area contributed by atoms with Gasteiger partial charge in [0, 0.05) is 0 Å². The highest BCUT2D eigenvalue weighted by Gasteiger charge is 1.98. The number of rotatable bonds is 2. The van der Waals surface area contributed by atoms with Crippen LogP contribution in [0.25, 0.3) is 11.0 Å². The van der Waals surface area contributed by atoms with Crippen LogP contribution in [0.1, 0.15) is 0 Å². The number of aromatic amines is 1. The largest absolute Gasteiger partial charge is 0.324 e. The highest BCUT2D eigenvalue weighted by molar-refractivity contribution is 5.80. The summed E-state index contributed by atoms with van der Waals surface area (Å²) >= 11 is 0. The third-order valence-electron chi connectivity index (χ3n) is 1.56. The van der Waals surface area contributed by atoms with Crippen molar-refractivity contribution in [3.63, 3.8) is 0 Å². The molecule has 0 aliphatic rings. The van der Waals surface area contributed by atoms with Crippen molar-refractivity contribution in [1.29, 1.82) is 0 Å². The number of hydrogen-bond donors (Lipinski definition) is 2. The number of hydrogen-bond acceptors (Lipinski definition) is 2. The molecule has 1 aromatic heterocycles. The maximum absolute atomic E-state index is 9.95. The zero-order valence-electron chi connectivity index (χ0n) is 6.16. The van der Waals surface area contributed by atoms with Crippen LogP contribution in [0.3, 0.4) is 0 Å². The van der Waals surface area contributed by atoms with Gasteiger partial charge in [0.25, 0.3) is 0 Å². The van der Waals surface area contributed by atoms with E-state index in [9.17, 15) is 4.79 Å². The van der Waals surface area contributed by atoms with Gasteiger partial charge < -0.3 is 4.98 Å². The number of imidazole rings is 1. The first-order valence-corrected chi connectivity index (χ1v) is 3.48. The number of nitrogens with one attached hydrogen (secondary N) is 2. The first-order valence-electron chi connectivity index (χ1n) is 3.48. The van der Waals surface area contributed by atoms with Gasteiger partial charge in [0.1, 0.15) is 0 Å². The van der Waals surface area contributed by atoms with Crippen molar-refractivity contribution >= 4 is 23.4 Å². The van der Waals surface area contributed by atoms with Crippen molar-refractivity contribution in [1.82, 2.24) is 9.97 Å². The van der Waals surface area contributed by atoms with Crippen molar-refractivity contribution in [2.45, 2.75) is 0 Å². The van der Waals surface area contributed by atoms with E-state index in [1.807, 2.05) is 24.3 Å². The normalized spacial score (nSPS) is 10.0. The molecule has 0 saturated carbocycles. The molecule has 2 aromatic rings. The standard InChI is InChI=1S/C8H6N3O/c12-5-9-8-10-6-3-1-2-4-7(6)11-8/h1-4H,(H2,9,10,11,12). The summed E-state index contributed by atoms with van der Waals surface area (Å²) < 4.78 is 0. The highest BCUT2D eigenvalue weighted by atomic mass is 16.1. The number of fused-ring (bicyclic) bond motifs is 1. The second-order valence-electron chi connectivity index (χ2n) is 2.33. The lowest BCUT2D eigenvalue weighted by Crippen LogP contribution is -1.94. The third kappa shape index (κ3) is 1.03. The number of anilines is 1. The van der Waals surface area contributed by atoms with Crippen LogP contribution in [-0.4, -0.2) is 16.4 Å². The summed E-state index contributed by atoms with van der Waals surface area (Å²) in [5.74, 6) is 0.422. The van der Waals surface area contributed by atoms with Crippen LogP contribution in [0.2, 0.25) is 0 Å². The second-order valence-corrected chi connectivity index (χ2v) is 2.33. The summed E-state index contributed by atoms with van der Waals surface area (Å²) in [7, 11) is 0. The van der Waals surface area contributed by atoms with Crippen LogP contribution in [-0.2, 0) is 4.79 Å². The Morgan fingerprint density at radius 3 is 3.00 bits per heavy atom. The van der Waals surface area contributed by atoms with Gasteiger partial charge in [-0.05, 0) is 12.1 Å². The van der Waals surface area contributed by atoms with Crippen LogP contribution in [0, 0.1) is 0 Å². The lowest BCUT2D eigenvalue weighted by atomic mass is 10.3. The molecule has 0 spiro atoms. The summed E-state index contributed by atoms with van der Waals surface area (Å²) in [4.78, 5) is 16.9. The third-order valence-corrected chi connectivity index (χ3v) is 1.56. The molecular weight excluding hydrogens is 154 g/mol. The molecule has 1 radical (unpaired) electrons. The molecule has 59 valence electrons. The molecule has 2 rings (SSSR count). The predicted octanol–water partition coefficient (Wildman–Crippen LogP) is 1.04. The summed E-state index contributed by atoms with van der Waals surface area (Å²) in [6, 6.07) is 7.53. The maximum atomic E-state index is 9.95. The Morgan fingerprint density at radius 1 is 1.42 bits per heavy atom. The predicted molar refractivity (Wildman–Crippen MR) is 45.4 cm³/mol. The molecule has 0 aliphatic carbocycles. The molecular formula is C8H6N3O. The van der Waals surface area contributed by atoms with Crippen molar-refractivity contribution in [3.05, 3.63) is 24.3 Å². The van der Waals surface area contributed by atoms with Gasteiger partial charge in [0.2, 0.25) is 5.95 Å². The first-order chi connectivity index (χ1) is 5.90. The SMILES string of the molecule is O=[C]Nc1nc2ccccc2[nH]1. The van der Waals surface area contributed by atoms with E-state index in [-0.39, 0.29) is 0 Å². The Kier molecular flexibility index (Phi) is 1.51.